The summed E-state index contributed by atoms with van der Waals surface area (Å²) in [5.74, 6) is -2.52. The molecule has 1 amide bonds. The first-order chi connectivity index (χ1) is 9.89. The van der Waals surface area contributed by atoms with Crippen molar-refractivity contribution in [3.8, 4) is 0 Å². The molecule has 2 N–H and O–H groups in total. The maximum atomic E-state index is 14.4. The lowest BCUT2D eigenvalue weighted by Gasteiger charge is -2.24. The van der Waals surface area contributed by atoms with Crippen molar-refractivity contribution in [1.82, 2.24) is 10.6 Å². The van der Waals surface area contributed by atoms with Crippen LogP contribution in [0.25, 0.3) is 0 Å². The molecule has 0 aliphatic carbocycles. The molecular formula is C14H17ClF4N2O. The number of alkyl halides is 3. The van der Waals surface area contributed by atoms with Gasteiger partial charge in [-0.1, -0.05) is 18.2 Å². The fourth-order valence-corrected chi connectivity index (χ4v) is 2.46. The van der Waals surface area contributed by atoms with Crippen molar-refractivity contribution >= 4 is 18.3 Å². The Morgan fingerprint density at radius 2 is 1.91 bits per heavy atom. The molecule has 8 heteroatoms. The Bertz CT molecular complexity index is 516. The second-order valence-corrected chi connectivity index (χ2v) is 5.03. The molecule has 0 saturated carbocycles. The number of hydrogen-bond donors (Lipinski definition) is 2. The first-order valence-electron chi connectivity index (χ1n) is 6.72. The first-order valence-corrected chi connectivity index (χ1v) is 6.72. The lowest BCUT2D eigenvalue weighted by atomic mass is 9.89. The number of rotatable bonds is 3. The Hall–Kier alpha value is -1.34. The summed E-state index contributed by atoms with van der Waals surface area (Å²) in [6, 6.07) is 4.65. The standard InChI is InChI=1S/C14H16F4N2O.ClH/c15-12-10(8-20-13(21)14(16,17)18)2-1-3-11(12)9-4-6-19-7-5-9;/h1-3,9,19H,4-8H2,(H,20,21);1H. The molecule has 0 unspecified atom stereocenters. The van der Waals surface area contributed by atoms with Gasteiger partial charge >= 0.3 is 12.1 Å². The van der Waals surface area contributed by atoms with Crippen LogP contribution in [0.1, 0.15) is 29.9 Å². The highest BCUT2D eigenvalue weighted by Crippen LogP contribution is 2.28. The average molecular weight is 341 g/mol. The molecule has 1 aliphatic rings. The topological polar surface area (TPSA) is 41.1 Å². The van der Waals surface area contributed by atoms with E-state index in [-0.39, 0.29) is 23.9 Å². The number of piperidine rings is 1. The number of nitrogens with one attached hydrogen (secondary N) is 2. The van der Waals surface area contributed by atoms with Crippen LogP contribution in [0.4, 0.5) is 17.6 Å². The van der Waals surface area contributed by atoms with Crippen molar-refractivity contribution in [2.75, 3.05) is 13.1 Å². The maximum absolute atomic E-state index is 14.4. The predicted molar refractivity (Wildman–Crippen MR) is 76.4 cm³/mol. The van der Waals surface area contributed by atoms with Gasteiger partial charge in [-0.15, -0.1) is 12.4 Å². The zero-order valence-electron chi connectivity index (χ0n) is 11.7. The molecule has 0 aromatic heterocycles. The van der Waals surface area contributed by atoms with E-state index in [1.165, 1.54) is 6.07 Å². The van der Waals surface area contributed by atoms with E-state index >= 15 is 0 Å². The van der Waals surface area contributed by atoms with Gasteiger partial charge in [-0.25, -0.2) is 4.39 Å². The highest BCUT2D eigenvalue weighted by Gasteiger charge is 2.38. The molecule has 1 heterocycles. The van der Waals surface area contributed by atoms with Gasteiger partial charge in [0.05, 0.1) is 0 Å². The summed E-state index contributed by atoms with van der Waals surface area (Å²) < 4.78 is 50.7. The maximum Gasteiger partial charge on any atom is 0.471 e. The van der Waals surface area contributed by atoms with Gasteiger partial charge in [-0.05, 0) is 37.4 Å². The highest BCUT2D eigenvalue weighted by molar-refractivity contribution is 5.85. The third-order valence-corrected chi connectivity index (χ3v) is 3.58. The summed E-state index contributed by atoms with van der Waals surface area (Å²) >= 11 is 0. The lowest BCUT2D eigenvalue weighted by Crippen LogP contribution is -2.36. The van der Waals surface area contributed by atoms with E-state index in [0.29, 0.717) is 5.56 Å². The largest absolute Gasteiger partial charge is 0.471 e. The number of carbonyl (C=O) groups excluding carboxylic acids is 1. The molecular weight excluding hydrogens is 324 g/mol. The molecule has 1 aromatic carbocycles. The minimum absolute atomic E-state index is 0. The van der Waals surface area contributed by atoms with E-state index in [2.05, 4.69) is 5.32 Å². The second kappa shape index (κ2) is 7.78. The van der Waals surface area contributed by atoms with E-state index in [9.17, 15) is 22.4 Å². The Morgan fingerprint density at radius 1 is 1.27 bits per heavy atom. The van der Waals surface area contributed by atoms with Crippen LogP contribution in [0.3, 0.4) is 0 Å². The van der Waals surface area contributed by atoms with Crippen molar-refractivity contribution in [1.29, 1.82) is 0 Å². The molecule has 0 bridgehead atoms. The summed E-state index contributed by atoms with van der Waals surface area (Å²) in [5, 5.41) is 4.86. The van der Waals surface area contributed by atoms with Crippen molar-refractivity contribution in [3.05, 3.63) is 35.1 Å². The normalized spacial score (nSPS) is 16.0. The number of hydrogen-bond acceptors (Lipinski definition) is 2. The third-order valence-electron chi connectivity index (χ3n) is 3.58. The quantitative estimate of drug-likeness (QED) is 0.831. The molecule has 124 valence electrons. The Balaban J connectivity index is 0.00000242. The third kappa shape index (κ3) is 4.58. The van der Waals surface area contributed by atoms with Gasteiger partial charge in [0.1, 0.15) is 5.82 Å². The summed E-state index contributed by atoms with van der Waals surface area (Å²) in [6.07, 6.45) is -3.38. The van der Waals surface area contributed by atoms with Crippen LogP contribution < -0.4 is 10.6 Å². The zero-order valence-corrected chi connectivity index (χ0v) is 12.5. The molecule has 22 heavy (non-hydrogen) atoms. The molecule has 1 aromatic rings. The highest BCUT2D eigenvalue weighted by atomic mass is 35.5. The molecule has 1 saturated heterocycles. The molecule has 0 spiro atoms. The molecule has 0 radical (unpaired) electrons. The first kappa shape index (κ1) is 18.7. The molecule has 1 fully saturated rings. The zero-order chi connectivity index (χ0) is 15.5. The summed E-state index contributed by atoms with van der Waals surface area (Å²) in [4.78, 5) is 10.8. The van der Waals surface area contributed by atoms with E-state index in [0.717, 1.165) is 25.9 Å². The van der Waals surface area contributed by atoms with Gasteiger partial charge in [0.25, 0.3) is 0 Å². The van der Waals surface area contributed by atoms with Crippen LogP contribution in [0.15, 0.2) is 18.2 Å². The smallest absolute Gasteiger partial charge is 0.344 e. The number of halogens is 5. The number of benzene rings is 1. The van der Waals surface area contributed by atoms with E-state index < -0.39 is 24.4 Å². The van der Waals surface area contributed by atoms with Crippen LogP contribution in [0.5, 0.6) is 0 Å². The van der Waals surface area contributed by atoms with Crippen molar-refractivity contribution in [2.24, 2.45) is 0 Å². The molecule has 3 nitrogen and oxygen atoms in total. The predicted octanol–water partition coefficient (Wildman–Crippen LogP) is 2.89. The van der Waals surface area contributed by atoms with Crippen LogP contribution in [0.2, 0.25) is 0 Å². The van der Waals surface area contributed by atoms with Gasteiger partial charge in [0, 0.05) is 12.1 Å². The Kier molecular flexibility index (Phi) is 6.62. The molecule has 2 rings (SSSR count). The van der Waals surface area contributed by atoms with Crippen molar-refractivity contribution in [2.45, 2.75) is 31.5 Å². The second-order valence-electron chi connectivity index (χ2n) is 5.03. The minimum Gasteiger partial charge on any atom is -0.344 e. The summed E-state index contributed by atoms with van der Waals surface area (Å²) in [5.41, 5.74) is 0.582. The minimum atomic E-state index is -4.96. The van der Waals surface area contributed by atoms with Gasteiger partial charge < -0.3 is 10.6 Å². The van der Waals surface area contributed by atoms with E-state index in [1.54, 1.807) is 17.4 Å². The fourth-order valence-electron chi connectivity index (χ4n) is 2.46. The van der Waals surface area contributed by atoms with Crippen molar-refractivity contribution in [3.63, 3.8) is 0 Å². The Morgan fingerprint density at radius 3 is 2.50 bits per heavy atom. The van der Waals surface area contributed by atoms with E-state index in [4.69, 9.17) is 0 Å². The van der Waals surface area contributed by atoms with Crippen LogP contribution in [0, 0.1) is 5.82 Å². The van der Waals surface area contributed by atoms with Gasteiger partial charge in [-0.2, -0.15) is 13.2 Å². The van der Waals surface area contributed by atoms with Crippen LogP contribution in [-0.2, 0) is 11.3 Å². The average Bonchev–Trinajstić information content (AvgIpc) is 2.46. The van der Waals surface area contributed by atoms with Gasteiger partial charge in [0.15, 0.2) is 0 Å². The fraction of sp³-hybridized carbons (Fsp3) is 0.500. The summed E-state index contributed by atoms with van der Waals surface area (Å²) in [6.45, 7) is 1.11. The lowest BCUT2D eigenvalue weighted by molar-refractivity contribution is -0.173. The van der Waals surface area contributed by atoms with Crippen LogP contribution in [-0.4, -0.2) is 25.2 Å². The van der Waals surface area contributed by atoms with Gasteiger partial charge in [0.2, 0.25) is 0 Å². The van der Waals surface area contributed by atoms with Crippen molar-refractivity contribution < 1.29 is 22.4 Å². The number of carbonyl (C=O) groups is 1. The van der Waals surface area contributed by atoms with Gasteiger partial charge in [-0.3, -0.25) is 4.79 Å². The monoisotopic (exact) mass is 340 g/mol. The SMILES string of the molecule is Cl.O=C(NCc1cccc(C2CCNCC2)c1F)C(F)(F)F. The molecule has 0 atom stereocenters. The summed E-state index contributed by atoms with van der Waals surface area (Å²) in [7, 11) is 0. The molecule has 1 aliphatic heterocycles. The van der Waals surface area contributed by atoms with Crippen LogP contribution >= 0.6 is 12.4 Å². The Labute approximate surface area is 131 Å². The van der Waals surface area contributed by atoms with E-state index in [1.807, 2.05) is 0 Å². The number of amides is 1.